The standard InChI is InChI=1S/C14H20N4O.ClH/c1-10(2)13-15-16-14(18(13)4)17(3)11-7-6-8-12(9-11)19-5;/h6-10H,1-5H3;1H. The average Bonchev–Trinajstić information content (AvgIpc) is 2.80. The third-order valence-corrected chi connectivity index (χ3v) is 3.14. The zero-order valence-corrected chi connectivity index (χ0v) is 13.3. The molecule has 0 unspecified atom stereocenters. The summed E-state index contributed by atoms with van der Waals surface area (Å²) < 4.78 is 7.26. The van der Waals surface area contributed by atoms with Gasteiger partial charge in [0.1, 0.15) is 11.6 Å². The fourth-order valence-corrected chi connectivity index (χ4v) is 2.06. The van der Waals surface area contributed by atoms with E-state index < -0.39 is 0 Å². The van der Waals surface area contributed by atoms with Gasteiger partial charge in [0, 0.05) is 31.8 Å². The van der Waals surface area contributed by atoms with E-state index in [2.05, 4.69) is 24.0 Å². The summed E-state index contributed by atoms with van der Waals surface area (Å²) in [5.74, 6) is 2.97. The predicted molar refractivity (Wildman–Crippen MR) is 83.4 cm³/mol. The van der Waals surface area contributed by atoms with Crippen molar-refractivity contribution in [1.82, 2.24) is 14.8 Å². The molecule has 1 heterocycles. The lowest BCUT2D eigenvalue weighted by Crippen LogP contribution is -2.15. The van der Waals surface area contributed by atoms with Crippen LogP contribution in [0.3, 0.4) is 0 Å². The maximum Gasteiger partial charge on any atom is 0.231 e. The van der Waals surface area contributed by atoms with E-state index in [1.54, 1.807) is 7.11 Å². The maximum atomic E-state index is 5.25. The molecule has 5 nitrogen and oxygen atoms in total. The summed E-state index contributed by atoms with van der Waals surface area (Å²) in [6, 6.07) is 7.88. The number of hydrogen-bond acceptors (Lipinski definition) is 4. The Balaban J connectivity index is 0.00000200. The molecule has 0 bridgehead atoms. The van der Waals surface area contributed by atoms with Crippen molar-refractivity contribution in [1.29, 1.82) is 0 Å². The Morgan fingerprint density at radius 2 is 1.95 bits per heavy atom. The minimum Gasteiger partial charge on any atom is -0.497 e. The molecule has 2 rings (SSSR count). The molecule has 0 fully saturated rings. The largest absolute Gasteiger partial charge is 0.497 e. The normalized spacial score (nSPS) is 10.3. The number of anilines is 2. The molecular weight excluding hydrogens is 276 g/mol. The minimum absolute atomic E-state index is 0. The molecule has 2 aromatic rings. The molecule has 0 N–H and O–H groups in total. The first kappa shape index (κ1) is 16.3. The van der Waals surface area contributed by atoms with Crippen molar-refractivity contribution >= 4 is 24.0 Å². The second-order valence-corrected chi connectivity index (χ2v) is 4.83. The van der Waals surface area contributed by atoms with Gasteiger partial charge in [0.2, 0.25) is 5.95 Å². The lowest BCUT2D eigenvalue weighted by molar-refractivity contribution is 0.415. The minimum atomic E-state index is 0. The lowest BCUT2D eigenvalue weighted by Gasteiger charge is -2.19. The molecule has 0 spiro atoms. The topological polar surface area (TPSA) is 43.2 Å². The van der Waals surface area contributed by atoms with E-state index in [1.807, 2.05) is 47.8 Å². The number of nitrogens with zero attached hydrogens (tertiary/aromatic N) is 4. The summed E-state index contributed by atoms with van der Waals surface area (Å²) >= 11 is 0. The molecule has 0 saturated carbocycles. The monoisotopic (exact) mass is 296 g/mol. The van der Waals surface area contributed by atoms with Gasteiger partial charge in [-0.2, -0.15) is 0 Å². The van der Waals surface area contributed by atoms with E-state index in [1.165, 1.54) is 0 Å². The molecule has 0 aliphatic carbocycles. The zero-order valence-electron chi connectivity index (χ0n) is 12.5. The van der Waals surface area contributed by atoms with Gasteiger partial charge in [-0.25, -0.2) is 0 Å². The zero-order chi connectivity index (χ0) is 14.0. The predicted octanol–water partition coefficient (Wildman–Crippen LogP) is 3.14. The SMILES string of the molecule is COc1cccc(N(C)c2nnc(C(C)C)n2C)c1.Cl. The van der Waals surface area contributed by atoms with Crippen molar-refractivity contribution in [3.8, 4) is 5.75 Å². The first-order chi connectivity index (χ1) is 9.04. The Morgan fingerprint density at radius 1 is 1.25 bits per heavy atom. The van der Waals surface area contributed by atoms with E-state index in [0.717, 1.165) is 23.2 Å². The van der Waals surface area contributed by atoms with Crippen molar-refractivity contribution in [3.05, 3.63) is 30.1 Å². The number of hydrogen-bond donors (Lipinski definition) is 0. The van der Waals surface area contributed by atoms with Crippen LogP contribution in [-0.4, -0.2) is 28.9 Å². The second-order valence-electron chi connectivity index (χ2n) is 4.83. The van der Waals surface area contributed by atoms with Gasteiger partial charge in [0.05, 0.1) is 7.11 Å². The van der Waals surface area contributed by atoms with Crippen molar-refractivity contribution in [2.45, 2.75) is 19.8 Å². The molecule has 1 aromatic heterocycles. The summed E-state index contributed by atoms with van der Waals surface area (Å²) in [4.78, 5) is 2.00. The number of rotatable bonds is 4. The number of aromatic nitrogens is 3. The molecular formula is C14H21ClN4O. The first-order valence-corrected chi connectivity index (χ1v) is 6.31. The molecule has 0 radical (unpaired) electrons. The van der Waals surface area contributed by atoms with Gasteiger partial charge in [-0.15, -0.1) is 22.6 Å². The first-order valence-electron chi connectivity index (χ1n) is 6.31. The summed E-state index contributed by atoms with van der Waals surface area (Å²) in [6.45, 7) is 4.22. The van der Waals surface area contributed by atoms with Gasteiger partial charge in [-0.3, -0.25) is 4.57 Å². The number of halogens is 1. The van der Waals surface area contributed by atoms with Crippen molar-refractivity contribution in [3.63, 3.8) is 0 Å². The van der Waals surface area contributed by atoms with Crippen LogP contribution in [0, 0.1) is 0 Å². The third kappa shape index (κ3) is 3.04. The van der Waals surface area contributed by atoms with Gasteiger partial charge in [-0.1, -0.05) is 19.9 Å². The number of ether oxygens (including phenoxy) is 1. The molecule has 110 valence electrons. The van der Waals surface area contributed by atoms with Crippen LogP contribution >= 0.6 is 12.4 Å². The average molecular weight is 297 g/mol. The number of benzene rings is 1. The number of methoxy groups -OCH3 is 1. The molecule has 0 amide bonds. The fourth-order valence-electron chi connectivity index (χ4n) is 2.06. The summed E-state index contributed by atoms with van der Waals surface area (Å²) in [5.41, 5.74) is 1.02. The van der Waals surface area contributed by atoms with Crippen molar-refractivity contribution in [2.24, 2.45) is 7.05 Å². The van der Waals surface area contributed by atoms with E-state index in [0.29, 0.717) is 5.92 Å². The molecule has 20 heavy (non-hydrogen) atoms. The van der Waals surface area contributed by atoms with Crippen LogP contribution < -0.4 is 9.64 Å². The maximum absolute atomic E-state index is 5.25. The fraction of sp³-hybridized carbons (Fsp3) is 0.429. The van der Waals surface area contributed by atoms with E-state index in [9.17, 15) is 0 Å². The molecule has 0 aliphatic heterocycles. The molecule has 1 aromatic carbocycles. The molecule has 6 heteroatoms. The van der Waals surface area contributed by atoms with Crippen molar-refractivity contribution < 1.29 is 4.74 Å². The van der Waals surface area contributed by atoms with Crippen molar-refractivity contribution in [2.75, 3.05) is 19.1 Å². The van der Waals surface area contributed by atoms with Crippen LogP contribution in [0.2, 0.25) is 0 Å². The molecule has 0 aliphatic rings. The summed E-state index contributed by atoms with van der Waals surface area (Å²) in [5, 5.41) is 8.51. The van der Waals surface area contributed by atoms with E-state index in [-0.39, 0.29) is 12.4 Å². The summed E-state index contributed by atoms with van der Waals surface area (Å²) in [7, 11) is 5.63. The van der Waals surface area contributed by atoms with Gasteiger partial charge in [-0.05, 0) is 12.1 Å². The van der Waals surface area contributed by atoms with Gasteiger partial charge >= 0.3 is 0 Å². The molecule has 0 saturated heterocycles. The van der Waals surface area contributed by atoms with E-state index in [4.69, 9.17) is 4.74 Å². The second kappa shape index (κ2) is 6.61. The van der Waals surface area contributed by atoms with E-state index >= 15 is 0 Å². The van der Waals surface area contributed by atoms with Crippen LogP contribution in [0.4, 0.5) is 11.6 Å². The van der Waals surface area contributed by atoms with Gasteiger partial charge < -0.3 is 9.64 Å². The third-order valence-electron chi connectivity index (χ3n) is 3.14. The highest BCUT2D eigenvalue weighted by atomic mass is 35.5. The summed E-state index contributed by atoms with van der Waals surface area (Å²) in [6.07, 6.45) is 0. The Hall–Kier alpha value is -1.75. The Bertz CT molecular complexity index is 568. The van der Waals surface area contributed by atoms with Gasteiger partial charge in [0.25, 0.3) is 0 Å². The van der Waals surface area contributed by atoms with Crippen LogP contribution in [0.1, 0.15) is 25.6 Å². The highest BCUT2D eigenvalue weighted by Crippen LogP contribution is 2.26. The Kier molecular flexibility index (Phi) is 5.39. The smallest absolute Gasteiger partial charge is 0.231 e. The highest BCUT2D eigenvalue weighted by Gasteiger charge is 2.16. The quantitative estimate of drug-likeness (QED) is 0.869. The van der Waals surface area contributed by atoms with Crippen LogP contribution in [0.15, 0.2) is 24.3 Å². The lowest BCUT2D eigenvalue weighted by atomic mass is 10.2. The van der Waals surface area contributed by atoms with Crippen LogP contribution in [0.25, 0.3) is 0 Å². The Labute approximate surface area is 126 Å². The van der Waals surface area contributed by atoms with Crippen LogP contribution in [-0.2, 0) is 7.05 Å². The molecule has 0 atom stereocenters. The van der Waals surface area contributed by atoms with Crippen LogP contribution in [0.5, 0.6) is 5.75 Å². The highest BCUT2D eigenvalue weighted by molar-refractivity contribution is 5.85. The Morgan fingerprint density at radius 3 is 2.50 bits per heavy atom. The van der Waals surface area contributed by atoms with Gasteiger partial charge in [0.15, 0.2) is 0 Å².